The first kappa shape index (κ1) is 10.8. The van der Waals surface area contributed by atoms with Gasteiger partial charge >= 0.3 is 0 Å². The van der Waals surface area contributed by atoms with Gasteiger partial charge in [0, 0.05) is 6.54 Å². The Morgan fingerprint density at radius 1 is 1.47 bits per heavy atom. The molecule has 0 bridgehead atoms. The zero-order chi connectivity index (χ0) is 11.8. The van der Waals surface area contributed by atoms with E-state index in [1.165, 1.54) is 19.3 Å². The van der Waals surface area contributed by atoms with E-state index in [2.05, 4.69) is 16.0 Å². The molecule has 1 saturated carbocycles. The van der Waals surface area contributed by atoms with Gasteiger partial charge in [0.2, 0.25) is 0 Å². The highest BCUT2D eigenvalue weighted by molar-refractivity contribution is 5.53. The number of ether oxygens (including phenoxy) is 1. The molecule has 2 unspecified atom stereocenters. The third-order valence-corrected chi connectivity index (χ3v) is 3.91. The van der Waals surface area contributed by atoms with Crippen molar-refractivity contribution in [3.8, 4) is 0 Å². The second kappa shape index (κ2) is 4.18. The van der Waals surface area contributed by atoms with Gasteiger partial charge < -0.3 is 15.4 Å². The summed E-state index contributed by atoms with van der Waals surface area (Å²) in [6.45, 7) is 3.79. The highest BCUT2D eigenvalue weighted by atomic mass is 16.5. The lowest BCUT2D eigenvalue weighted by Gasteiger charge is -2.38. The Morgan fingerprint density at radius 2 is 2.35 bits per heavy atom. The van der Waals surface area contributed by atoms with Crippen molar-refractivity contribution < 1.29 is 4.74 Å². The summed E-state index contributed by atoms with van der Waals surface area (Å²) < 4.78 is 5.81. The van der Waals surface area contributed by atoms with Crippen LogP contribution in [0, 0.1) is 6.92 Å². The molecule has 92 valence electrons. The summed E-state index contributed by atoms with van der Waals surface area (Å²) in [5, 5.41) is 0. The van der Waals surface area contributed by atoms with Crippen LogP contribution in [0.5, 0.6) is 0 Å². The third kappa shape index (κ3) is 1.86. The van der Waals surface area contributed by atoms with Crippen molar-refractivity contribution in [2.75, 3.05) is 23.8 Å². The molecule has 1 aromatic heterocycles. The van der Waals surface area contributed by atoms with Gasteiger partial charge in [-0.15, -0.1) is 0 Å². The molecule has 2 aliphatic rings. The Morgan fingerprint density at radius 3 is 3.18 bits per heavy atom. The number of nitrogen functional groups attached to an aromatic ring is 1. The monoisotopic (exact) mass is 233 g/mol. The van der Waals surface area contributed by atoms with Crippen LogP contribution in [0.25, 0.3) is 0 Å². The standard InChI is InChI=1S/C13H19N3O/c1-9-7-13(15-8-10(9)14)16-5-6-17-12-4-2-3-11(12)16/h7-8,11-12H,2-6,14H2,1H3. The number of anilines is 2. The molecule has 4 heteroatoms. The van der Waals surface area contributed by atoms with Crippen LogP contribution in [0.3, 0.4) is 0 Å². The summed E-state index contributed by atoms with van der Waals surface area (Å²) in [4.78, 5) is 6.86. The molecule has 2 fully saturated rings. The maximum atomic E-state index is 5.82. The van der Waals surface area contributed by atoms with Crippen LogP contribution in [-0.2, 0) is 4.74 Å². The zero-order valence-electron chi connectivity index (χ0n) is 10.2. The second-order valence-electron chi connectivity index (χ2n) is 5.00. The Hall–Kier alpha value is -1.29. The van der Waals surface area contributed by atoms with E-state index in [-0.39, 0.29) is 0 Å². The average Bonchev–Trinajstić information content (AvgIpc) is 2.80. The maximum Gasteiger partial charge on any atom is 0.129 e. The first-order valence-corrected chi connectivity index (χ1v) is 6.36. The van der Waals surface area contributed by atoms with Crippen molar-refractivity contribution in [2.24, 2.45) is 0 Å². The summed E-state index contributed by atoms with van der Waals surface area (Å²) in [5.74, 6) is 1.05. The van der Waals surface area contributed by atoms with Crippen molar-refractivity contribution in [2.45, 2.75) is 38.3 Å². The molecule has 2 N–H and O–H groups in total. The number of pyridine rings is 1. The molecule has 4 nitrogen and oxygen atoms in total. The van der Waals surface area contributed by atoms with E-state index in [0.29, 0.717) is 12.1 Å². The van der Waals surface area contributed by atoms with E-state index in [1.807, 2.05) is 6.92 Å². The van der Waals surface area contributed by atoms with E-state index in [9.17, 15) is 0 Å². The molecule has 3 rings (SSSR count). The predicted molar refractivity (Wildman–Crippen MR) is 68.1 cm³/mol. The van der Waals surface area contributed by atoms with Gasteiger partial charge in [0.25, 0.3) is 0 Å². The van der Waals surface area contributed by atoms with E-state index in [0.717, 1.165) is 30.2 Å². The van der Waals surface area contributed by atoms with Crippen molar-refractivity contribution in [3.05, 3.63) is 17.8 Å². The van der Waals surface area contributed by atoms with Gasteiger partial charge in [-0.3, -0.25) is 0 Å². The van der Waals surface area contributed by atoms with Gasteiger partial charge in [-0.1, -0.05) is 0 Å². The molecule has 17 heavy (non-hydrogen) atoms. The molecular formula is C13H19N3O. The van der Waals surface area contributed by atoms with Crippen LogP contribution in [0.15, 0.2) is 12.3 Å². The van der Waals surface area contributed by atoms with Crippen LogP contribution in [0.2, 0.25) is 0 Å². The zero-order valence-corrected chi connectivity index (χ0v) is 10.2. The van der Waals surface area contributed by atoms with Gasteiger partial charge in [-0.25, -0.2) is 4.98 Å². The van der Waals surface area contributed by atoms with Crippen LogP contribution in [0.4, 0.5) is 11.5 Å². The number of hydrogen-bond donors (Lipinski definition) is 1. The summed E-state index contributed by atoms with van der Waals surface area (Å²) in [5.41, 5.74) is 7.70. The van der Waals surface area contributed by atoms with Gasteiger partial charge in [0.05, 0.1) is 30.6 Å². The molecule has 1 aliphatic heterocycles. The minimum Gasteiger partial charge on any atom is -0.397 e. The number of hydrogen-bond acceptors (Lipinski definition) is 4. The van der Waals surface area contributed by atoms with Crippen LogP contribution in [0.1, 0.15) is 24.8 Å². The summed E-state index contributed by atoms with van der Waals surface area (Å²) in [7, 11) is 0. The lowest BCUT2D eigenvalue weighted by molar-refractivity contribution is 0.0253. The van der Waals surface area contributed by atoms with E-state index in [4.69, 9.17) is 10.5 Å². The largest absolute Gasteiger partial charge is 0.397 e. The number of aryl methyl sites for hydroxylation is 1. The number of nitrogens with zero attached hydrogens (tertiary/aromatic N) is 2. The molecule has 0 radical (unpaired) electrons. The quantitative estimate of drug-likeness (QED) is 0.802. The lowest BCUT2D eigenvalue weighted by Crippen LogP contribution is -2.49. The topological polar surface area (TPSA) is 51.4 Å². The van der Waals surface area contributed by atoms with Crippen LogP contribution < -0.4 is 10.6 Å². The molecule has 1 aliphatic carbocycles. The second-order valence-corrected chi connectivity index (χ2v) is 5.00. The molecule has 0 aromatic carbocycles. The van der Waals surface area contributed by atoms with Crippen molar-refractivity contribution in [1.29, 1.82) is 0 Å². The fraction of sp³-hybridized carbons (Fsp3) is 0.615. The molecule has 0 amide bonds. The molecule has 2 atom stereocenters. The normalized spacial score (nSPS) is 28.2. The van der Waals surface area contributed by atoms with E-state index in [1.54, 1.807) is 6.20 Å². The minimum absolute atomic E-state index is 0.406. The van der Waals surface area contributed by atoms with Gasteiger partial charge in [0.1, 0.15) is 5.82 Å². The van der Waals surface area contributed by atoms with Gasteiger partial charge in [0.15, 0.2) is 0 Å². The minimum atomic E-state index is 0.406. The van der Waals surface area contributed by atoms with Crippen molar-refractivity contribution >= 4 is 11.5 Å². The average molecular weight is 233 g/mol. The molecule has 0 spiro atoms. The Labute approximate surface area is 102 Å². The van der Waals surface area contributed by atoms with Gasteiger partial charge in [-0.05, 0) is 37.8 Å². The summed E-state index contributed by atoms with van der Waals surface area (Å²) >= 11 is 0. The first-order valence-electron chi connectivity index (χ1n) is 6.36. The Kier molecular flexibility index (Phi) is 2.67. The molecular weight excluding hydrogens is 214 g/mol. The van der Waals surface area contributed by atoms with Crippen LogP contribution in [-0.4, -0.2) is 30.3 Å². The molecule has 2 heterocycles. The third-order valence-electron chi connectivity index (χ3n) is 3.91. The Bertz CT molecular complexity index is 421. The first-order chi connectivity index (χ1) is 8.25. The van der Waals surface area contributed by atoms with E-state index < -0.39 is 0 Å². The lowest BCUT2D eigenvalue weighted by atomic mass is 10.1. The summed E-state index contributed by atoms with van der Waals surface area (Å²) in [6, 6.07) is 2.61. The highest BCUT2D eigenvalue weighted by Crippen LogP contribution is 2.32. The number of nitrogens with two attached hydrogens (primary N) is 1. The van der Waals surface area contributed by atoms with Crippen molar-refractivity contribution in [1.82, 2.24) is 4.98 Å². The molecule has 1 saturated heterocycles. The number of aromatic nitrogens is 1. The van der Waals surface area contributed by atoms with Crippen LogP contribution >= 0.6 is 0 Å². The number of rotatable bonds is 1. The Balaban J connectivity index is 1.89. The predicted octanol–water partition coefficient (Wildman–Crippen LogP) is 1.73. The number of morpholine rings is 1. The highest BCUT2D eigenvalue weighted by Gasteiger charge is 2.36. The van der Waals surface area contributed by atoms with Crippen molar-refractivity contribution in [3.63, 3.8) is 0 Å². The number of fused-ring (bicyclic) bond motifs is 1. The smallest absolute Gasteiger partial charge is 0.129 e. The molecule has 1 aromatic rings. The van der Waals surface area contributed by atoms with Gasteiger partial charge in [-0.2, -0.15) is 0 Å². The van der Waals surface area contributed by atoms with E-state index >= 15 is 0 Å². The SMILES string of the molecule is Cc1cc(N2CCOC3CCCC32)ncc1N. The fourth-order valence-electron chi connectivity index (χ4n) is 2.92. The fourth-order valence-corrected chi connectivity index (χ4v) is 2.92. The summed E-state index contributed by atoms with van der Waals surface area (Å²) in [6.07, 6.45) is 5.85. The maximum absolute atomic E-state index is 5.82.